The van der Waals surface area contributed by atoms with Crippen molar-refractivity contribution in [1.82, 2.24) is 10.4 Å². The highest BCUT2D eigenvalue weighted by Gasteiger charge is 2.19. The van der Waals surface area contributed by atoms with Crippen LogP contribution in [0.15, 0.2) is 24.4 Å². The molecule has 0 fully saturated rings. The van der Waals surface area contributed by atoms with Gasteiger partial charge in [-0.1, -0.05) is 12.5 Å². The largest absolute Gasteiger partial charge is 0.271 e. The van der Waals surface area contributed by atoms with Gasteiger partial charge in [-0.25, -0.2) is 5.43 Å². The van der Waals surface area contributed by atoms with Gasteiger partial charge in [0.1, 0.15) is 0 Å². The standard InChI is InChI=1S/C16H21N3S/c1-11-7-8-13(10-18-11)16(19-17)15-9-12-5-3-2-4-6-14(12)20-15/h7-10,16,19H,2-6,17H2,1H3. The smallest absolute Gasteiger partial charge is 0.0817 e. The Hall–Kier alpha value is -1.23. The fraction of sp³-hybridized carbons (Fsp3) is 0.438. The average molecular weight is 287 g/mol. The minimum absolute atomic E-state index is 0.0556. The van der Waals surface area contributed by atoms with Gasteiger partial charge in [0.25, 0.3) is 0 Å². The minimum Gasteiger partial charge on any atom is -0.271 e. The number of nitrogens with two attached hydrogens (primary N) is 1. The van der Waals surface area contributed by atoms with Gasteiger partial charge in [-0.2, -0.15) is 0 Å². The molecule has 0 amide bonds. The summed E-state index contributed by atoms with van der Waals surface area (Å²) in [5.74, 6) is 5.79. The van der Waals surface area contributed by atoms with Gasteiger partial charge in [0.15, 0.2) is 0 Å². The Labute approximate surface area is 124 Å². The van der Waals surface area contributed by atoms with Crippen molar-refractivity contribution in [3.8, 4) is 0 Å². The number of hydrogen-bond donors (Lipinski definition) is 2. The molecule has 20 heavy (non-hydrogen) atoms. The number of rotatable bonds is 3. The van der Waals surface area contributed by atoms with Crippen LogP contribution in [0.2, 0.25) is 0 Å². The number of fused-ring (bicyclic) bond motifs is 1. The molecule has 0 bridgehead atoms. The molecule has 1 unspecified atom stereocenters. The van der Waals surface area contributed by atoms with Gasteiger partial charge >= 0.3 is 0 Å². The first-order chi connectivity index (χ1) is 9.78. The predicted molar refractivity (Wildman–Crippen MR) is 83.7 cm³/mol. The molecule has 4 heteroatoms. The number of nitrogens with one attached hydrogen (secondary N) is 1. The number of aromatic nitrogens is 1. The van der Waals surface area contributed by atoms with E-state index in [2.05, 4.69) is 22.5 Å². The lowest BCUT2D eigenvalue weighted by Gasteiger charge is -2.14. The third kappa shape index (κ3) is 2.77. The van der Waals surface area contributed by atoms with E-state index in [1.165, 1.54) is 42.5 Å². The molecule has 2 aromatic heterocycles. The van der Waals surface area contributed by atoms with Crippen LogP contribution in [-0.4, -0.2) is 4.98 Å². The summed E-state index contributed by atoms with van der Waals surface area (Å²) in [6, 6.07) is 6.55. The van der Waals surface area contributed by atoms with Gasteiger partial charge in [0.05, 0.1) is 6.04 Å². The Morgan fingerprint density at radius 3 is 2.85 bits per heavy atom. The van der Waals surface area contributed by atoms with Crippen molar-refractivity contribution in [2.75, 3.05) is 0 Å². The van der Waals surface area contributed by atoms with Gasteiger partial charge in [-0.15, -0.1) is 11.3 Å². The third-order valence-corrected chi connectivity index (χ3v) is 5.29. The second-order valence-electron chi connectivity index (χ2n) is 5.49. The van der Waals surface area contributed by atoms with E-state index >= 15 is 0 Å². The summed E-state index contributed by atoms with van der Waals surface area (Å²) in [7, 11) is 0. The lowest BCUT2D eigenvalue weighted by atomic mass is 10.1. The van der Waals surface area contributed by atoms with Gasteiger partial charge < -0.3 is 0 Å². The van der Waals surface area contributed by atoms with Gasteiger partial charge in [0.2, 0.25) is 0 Å². The molecule has 2 heterocycles. The number of pyridine rings is 1. The molecule has 3 nitrogen and oxygen atoms in total. The molecule has 1 aliphatic rings. The minimum atomic E-state index is 0.0556. The van der Waals surface area contributed by atoms with Crippen molar-refractivity contribution in [3.63, 3.8) is 0 Å². The van der Waals surface area contributed by atoms with E-state index in [0.717, 1.165) is 11.3 Å². The van der Waals surface area contributed by atoms with E-state index in [1.807, 2.05) is 30.5 Å². The average Bonchev–Trinajstić information content (AvgIpc) is 2.72. The highest BCUT2D eigenvalue weighted by molar-refractivity contribution is 7.12. The number of nitrogens with zero attached hydrogens (tertiary/aromatic N) is 1. The van der Waals surface area contributed by atoms with E-state index in [0.29, 0.717) is 0 Å². The van der Waals surface area contributed by atoms with Crippen LogP contribution in [0.3, 0.4) is 0 Å². The zero-order valence-electron chi connectivity index (χ0n) is 11.9. The monoisotopic (exact) mass is 287 g/mol. The lowest BCUT2D eigenvalue weighted by Crippen LogP contribution is -2.28. The summed E-state index contributed by atoms with van der Waals surface area (Å²) in [4.78, 5) is 7.24. The molecule has 0 aromatic carbocycles. The summed E-state index contributed by atoms with van der Waals surface area (Å²) in [5.41, 5.74) is 6.65. The Morgan fingerprint density at radius 1 is 1.25 bits per heavy atom. The zero-order chi connectivity index (χ0) is 13.9. The normalized spacial score (nSPS) is 16.5. The van der Waals surface area contributed by atoms with Crippen molar-refractivity contribution >= 4 is 11.3 Å². The summed E-state index contributed by atoms with van der Waals surface area (Å²) in [5, 5.41) is 0. The van der Waals surface area contributed by atoms with Crippen molar-refractivity contribution in [1.29, 1.82) is 0 Å². The molecule has 1 aliphatic carbocycles. The van der Waals surface area contributed by atoms with Crippen molar-refractivity contribution < 1.29 is 0 Å². The van der Waals surface area contributed by atoms with Crippen LogP contribution in [0.5, 0.6) is 0 Å². The predicted octanol–water partition coefficient (Wildman–Crippen LogP) is 3.27. The van der Waals surface area contributed by atoms with E-state index in [1.54, 1.807) is 4.88 Å². The molecule has 0 radical (unpaired) electrons. The van der Waals surface area contributed by atoms with Crippen LogP contribution in [-0.2, 0) is 12.8 Å². The first kappa shape index (κ1) is 13.7. The fourth-order valence-electron chi connectivity index (χ4n) is 2.83. The lowest BCUT2D eigenvalue weighted by molar-refractivity contribution is 0.643. The molecular formula is C16H21N3S. The SMILES string of the molecule is Cc1ccc(C(NN)c2cc3c(s2)CCCCC3)cn1. The molecular weight excluding hydrogens is 266 g/mol. The van der Waals surface area contributed by atoms with E-state index in [9.17, 15) is 0 Å². The summed E-state index contributed by atoms with van der Waals surface area (Å²) in [6.45, 7) is 2.00. The molecule has 1 atom stereocenters. The van der Waals surface area contributed by atoms with Crippen LogP contribution < -0.4 is 11.3 Å². The second-order valence-corrected chi connectivity index (χ2v) is 6.66. The molecule has 3 rings (SSSR count). The number of thiophene rings is 1. The van der Waals surface area contributed by atoms with Gasteiger partial charge in [0, 0.05) is 21.6 Å². The highest BCUT2D eigenvalue weighted by Crippen LogP contribution is 2.34. The Kier molecular flexibility index (Phi) is 4.15. The number of hydrogen-bond acceptors (Lipinski definition) is 4. The van der Waals surface area contributed by atoms with Crippen LogP contribution in [0.4, 0.5) is 0 Å². The van der Waals surface area contributed by atoms with Crippen molar-refractivity contribution in [2.45, 2.75) is 45.1 Å². The molecule has 106 valence electrons. The van der Waals surface area contributed by atoms with E-state index in [-0.39, 0.29) is 6.04 Å². The van der Waals surface area contributed by atoms with Gasteiger partial charge in [-0.05, 0) is 55.9 Å². The third-order valence-electron chi connectivity index (χ3n) is 3.98. The van der Waals surface area contributed by atoms with Gasteiger partial charge in [-0.3, -0.25) is 10.8 Å². The van der Waals surface area contributed by atoms with Crippen LogP contribution in [0.1, 0.15) is 51.9 Å². The summed E-state index contributed by atoms with van der Waals surface area (Å²) in [6.07, 6.45) is 8.36. The fourth-order valence-corrected chi connectivity index (χ4v) is 4.17. The molecule has 0 saturated heterocycles. The molecule has 2 aromatic rings. The van der Waals surface area contributed by atoms with Crippen LogP contribution >= 0.6 is 11.3 Å². The first-order valence-electron chi connectivity index (χ1n) is 7.28. The molecule has 0 spiro atoms. The molecule has 0 aliphatic heterocycles. The highest BCUT2D eigenvalue weighted by atomic mass is 32.1. The van der Waals surface area contributed by atoms with Crippen LogP contribution in [0, 0.1) is 6.92 Å². The maximum absolute atomic E-state index is 5.79. The van der Waals surface area contributed by atoms with E-state index in [4.69, 9.17) is 5.84 Å². The topological polar surface area (TPSA) is 50.9 Å². The molecule has 3 N–H and O–H groups in total. The number of aryl methyl sites for hydroxylation is 3. The van der Waals surface area contributed by atoms with Crippen molar-refractivity contribution in [2.24, 2.45) is 5.84 Å². The van der Waals surface area contributed by atoms with Crippen molar-refractivity contribution in [3.05, 3.63) is 51.0 Å². The number of hydrazine groups is 1. The van der Waals surface area contributed by atoms with E-state index < -0.39 is 0 Å². The first-order valence-corrected chi connectivity index (χ1v) is 8.10. The summed E-state index contributed by atoms with van der Waals surface area (Å²) >= 11 is 1.91. The van der Waals surface area contributed by atoms with Crippen LogP contribution in [0.25, 0.3) is 0 Å². The summed E-state index contributed by atoms with van der Waals surface area (Å²) < 4.78 is 0. The maximum Gasteiger partial charge on any atom is 0.0817 e. The maximum atomic E-state index is 5.79. The zero-order valence-corrected chi connectivity index (χ0v) is 12.7. The Bertz CT molecular complexity index is 550. The second kappa shape index (κ2) is 6.04. The Morgan fingerprint density at radius 2 is 2.10 bits per heavy atom. The Balaban J connectivity index is 1.91. The molecule has 0 saturated carbocycles. The quantitative estimate of drug-likeness (QED) is 0.517.